The highest BCUT2D eigenvalue weighted by Gasteiger charge is 2.22. The summed E-state index contributed by atoms with van der Waals surface area (Å²) in [5.41, 5.74) is 0.310. The molecule has 1 aromatic carbocycles. The smallest absolute Gasteiger partial charge is 0.315 e. The maximum atomic E-state index is 11.4. The Balaban J connectivity index is 2.50. The van der Waals surface area contributed by atoms with Crippen LogP contribution in [-0.4, -0.2) is 39.2 Å². The third kappa shape index (κ3) is 4.21. The fraction of sp³-hybridized carbons (Fsp3) is 0.400. The zero-order valence-corrected chi connectivity index (χ0v) is 15.0. The first kappa shape index (κ1) is 18.6. The number of hydrogen-bond acceptors (Lipinski definition) is 7. The molecule has 0 radical (unpaired) electrons. The summed E-state index contributed by atoms with van der Waals surface area (Å²) in [6.45, 7) is 6.11. The third-order valence-electron chi connectivity index (χ3n) is 3.20. The molecule has 0 amide bonds. The highest BCUT2D eigenvalue weighted by molar-refractivity contribution is 7.71. The van der Waals surface area contributed by atoms with Gasteiger partial charge in [-0.05, 0) is 32.1 Å². The lowest BCUT2D eigenvalue weighted by atomic mass is 10.2. The van der Waals surface area contributed by atoms with Gasteiger partial charge < -0.3 is 9.47 Å². The van der Waals surface area contributed by atoms with Crippen LogP contribution in [-0.2, 0) is 6.42 Å². The Labute approximate surface area is 149 Å². The minimum Gasteiger partial charge on any atom is -0.490 e. The number of benzene rings is 1. The predicted molar refractivity (Wildman–Crippen MR) is 95.2 cm³/mol. The average Bonchev–Trinajstić information content (AvgIpc) is 2.94. The first-order valence-electron chi connectivity index (χ1n) is 7.80. The van der Waals surface area contributed by atoms with Gasteiger partial charge in [0.15, 0.2) is 11.6 Å². The Morgan fingerprint density at radius 2 is 2.08 bits per heavy atom. The highest BCUT2D eigenvalue weighted by Crippen LogP contribution is 2.38. The predicted octanol–water partition coefficient (Wildman–Crippen LogP) is 3.09. The van der Waals surface area contributed by atoms with E-state index in [1.165, 1.54) is 17.0 Å². The molecule has 9 nitrogen and oxygen atoms in total. The molecule has 1 aromatic heterocycles. The molecule has 2 rings (SSSR count). The molecule has 134 valence electrons. The van der Waals surface area contributed by atoms with Crippen molar-refractivity contribution in [1.82, 2.24) is 14.9 Å². The zero-order valence-electron chi connectivity index (χ0n) is 14.2. The molecule has 0 saturated heterocycles. The molecular weight excluding hydrogens is 346 g/mol. The van der Waals surface area contributed by atoms with Crippen molar-refractivity contribution in [2.24, 2.45) is 5.10 Å². The maximum Gasteiger partial charge on any atom is 0.315 e. The quantitative estimate of drug-likeness (QED) is 0.333. The van der Waals surface area contributed by atoms with Crippen LogP contribution in [0.2, 0.25) is 0 Å². The molecule has 0 atom stereocenters. The van der Waals surface area contributed by atoms with Crippen LogP contribution in [0.5, 0.6) is 11.5 Å². The van der Waals surface area contributed by atoms with Gasteiger partial charge in [0.2, 0.25) is 10.5 Å². The van der Waals surface area contributed by atoms with Gasteiger partial charge >= 0.3 is 5.69 Å². The number of H-pyrrole nitrogens is 1. The minimum atomic E-state index is -0.508. The van der Waals surface area contributed by atoms with Crippen molar-refractivity contribution >= 4 is 24.1 Å². The number of rotatable bonds is 8. The first-order valence-corrected chi connectivity index (χ1v) is 8.21. The van der Waals surface area contributed by atoms with Crippen molar-refractivity contribution in [3.63, 3.8) is 0 Å². The van der Waals surface area contributed by atoms with Gasteiger partial charge in [0.25, 0.3) is 0 Å². The van der Waals surface area contributed by atoms with Crippen molar-refractivity contribution in [1.29, 1.82) is 0 Å². The van der Waals surface area contributed by atoms with Crippen LogP contribution >= 0.6 is 12.2 Å². The number of aromatic nitrogens is 3. The van der Waals surface area contributed by atoms with E-state index in [0.717, 1.165) is 0 Å². The summed E-state index contributed by atoms with van der Waals surface area (Å²) in [5.74, 6) is 1.07. The highest BCUT2D eigenvalue weighted by atomic mass is 32.1. The van der Waals surface area contributed by atoms with Gasteiger partial charge in [-0.15, -0.1) is 0 Å². The van der Waals surface area contributed by atoms with Gasteiger partial charge in [0, 0.05) is 18.1 Å². The standard InChI is InChI=1S/C15H19N5O4S/c1-4-13-17-18-15(25)19(13)16-9-10-7-11(20(21)22)14(24-6-3)12(8-10)23-5-2/h7-9H,4-6H2,1-3H3,(H,18,25)/b16-9-. The summed E-state index contributed by atoms with van der Waals surface area (Å²) in [4.78, 5) is 10.9. The van der Waals surface area contributed by atoms with Crippen molar-refractivity contribution in [3.05, 3.63) is 38.4 Å². The van der Waals surface area contributed by atoms with Crippen LogP contribution in [0.1, 0.15) is 32.2 Å². The van der Waals surface area contributed by atoms with E-state index in [2.05, 4.69) is 15.3 Å². The maximum absolute atomic E-state index is 11.4. The molecule has 0 saturated carbocycles. The Hall–Kier alpha value is -2.75. The second-order valence-corrected chi connectivity index (χ2v) is 5.23. The second kappa shape index (κ2) is 8.38. The summed E-state index contributed by atoms with van der Waals surface area (Å²) in [6.07, 6.45) is 2.10. The van der Waals surface area contributed by atoms with Gasteiger partial charge in [-0.25, -0.2) is 0 Å². The Morgan fingerprint density at radius 1 is 1.36 bits per heavy atom. The molecule has 10 heteroatoms. The minimum absolute atomic E-state index is 0.112. The number of nitrogens with one attached hydrogen (secondary N) is 1. The zero-order chi connectivity index (χ0) is 18.4. The number of aromatic amines is 1. The van der Waals surface area contributed by atoms with Gasteiger partial charge in [-0.1, -0.05) is 6.92 Å². The lowest BCUT2D eigenvalue weighted by Gasteiger charge is -2.11. The lowest BCUT2D eigenvalue weighted by Crippen LogP contribution is -2.04. The molecule has 1 heterocycles. The number of hydrogen-bond donors (Lipinski definition) is 1. The molecular formula is C15H19N5O4S. The number of nitrogens with zero attached hydrogens (tertiary/aromatic N) is 4. The number of ether oxygens (including phenoxy) is 2. The molecule has 0 bridgehead atoms. The van der Waals surface area contributed by atoms with Crippen LogP contribution in [0.25, 0.3) is 0 Å². The van der Waals surface area contributed by atoms with Crippen molar-refractivity contribution in [3.8, 4) is 11.5 Å². The molecule has 0 aliphatic heterocycles. The molecule has 0 spiro atoms. The Bertz CT molecular complexity index is 843. The molecule has 0 aliphatic carbocycles. The molecule has 1 N–H and O–H groups in total. The van der Waals surface area contributed by atoms with E-state index >= 15 is 0 Å². The van der Waals surface area contributed by atoms with Crippen LogP contribution in [0, 0.1) is 14.9 Å². The average molecular weight is 365 g/mol. The molecule has 25 heavy (non-hydrogen) atoms. The number of nitro groups is 1. The van der Waals surface area contributed by atoms with E-state index in [1.54, 1.807) is 19.9 Å². The SMILES string of the molecule is CCOc1cc(/C=N\n2c(CC)n[nH]c2=S)cc([N+](=O)[O-])c1OCC. The van der Waals surface area contributed by atoms with Gasteiger partial charge in [-0.3, -0.25) is 15.2 Å². The fourth-order valence-corrected chi connectivity index (χ4v) is 2.37. The van der Waals surface area contributed by atoms with Crippen molar-refractivity contribution in [2.45, 2.75) is 27.2 Å². The van der Waals surface area contributed by atoms with E-state index in [1.807, 2.05) is 6.92 Å². The van der Waals surface area contributed by atoms with E-state index in [4.69, 9.17) is 21.7 Å². The molecule has 0 fully saturated rings. The summed E-state index contributed by atoms with van der Waals surface area (Å²) < 4.78 is 12.7. The van der Waals surface area contributed by atoms with Crippen molar-refractivity contribution in [2.75, 3.05) is 13.2 Å². The van der Waals surface area contributed by atoms with Gasteiger partial charge in [0.05, 0.1) is 24.4 Å². The van der Waals surface area contributed by atoms with Crippen LogP contribution in [0.4, 0.5) is 5.69 Å². The largest absolute Gasteiger partial charge is 0.490 e. The number of nitro benzene ring substituents is 1. The second-order valence-electron chi connectivity index (χ2n) is 4.85. The fourth-order valence-electron chi connectivity index (χ4n) is 2.17. The molecule has 0 unspecified atom stereocenters. The van der Waals surface area contributed by atoms with E-state index in [-0.39, 0.29) is 11.4 Å². The monoisotopic (exact) mass is 365 g/mol. The lowest BCUT2D eigenvalue weighted by molar-refractivity contribution is -0.385. The van der Waals surface area contributed by atoms with E-state index in [9.17, 15) is 10.1 Å². The Morgan fingerprint density at radius 3 is 2.68 bits per heavy atom. The van der Waals surface area contributed by atoms with Gasteiger partial charge in [-0.2, -0.15) is 14.9 Å². The van der Waals surface area contributed by atoms with Crippen molar-refractivity contribution < 1.29 is 14.4 Å². The summed E-state index contributed by atoms with van der Waals surface area (Å²) >= 11 is 5.12. The topological polar surface area (TPSA) is 108 Å². The van der Waals surface area contributed by atoms with Crippen LogP contribution < -0.4 is 9.47 Å². The number of aryl methyl sites for hydroxylation is 1. The van der Waals surface area contributed by atoms with Gasteiger partial charge in [0.1, 0.15) is 0 Å². The van der Waals surface area contributed by atoms with E-state index in [0.29, 0.717) is 41.5 Å². The third-order valence-corrected chi connectivity index (χ3v) is 3.46. The first-order chi connectivity index (χ1) is 12.0. The Kier molecular flexibility index (Phi) is 6.23. The summed E-state index contributed by atoms with van der Waals surface area (Å²) in [7, 11) is 0. The summed E-state index contributed by atoms with van der Waals surface area (Å²) in [6, 6.07) is 3.02. The van der Waals surface area contributed by atoms with E-state index < -0.39 is 4.92 Å². The normalized spacial score (nSPS) is 11.0. The summed E-state index contributed by atoms with van der Waals surface area (Å²) in [5, 5.41) is 22.4. The van der Waals surface area contributed by atoms with Crippen LogP contribution in [0.15, 0.2) is 17.2 Å². The molecule has 2 aromatic rings. The van der Waals surface area contributed by atoms with Crippen LogP contribution in [0.3, 0.4) is 0 Å². The molecule has 0 aliphatic rings.